The summed E-state index contributed by atoms with van der Waals surface area (Å²) in [5.74, 6) is 1.27. The maximum absolute atomic E-state index is 11.5. The van der Waals surface area contributed by atoms with E-state index in [0.29, 0.717) is 13.2 Å². The number of carbonyl (C=O) groups excluding carboxylic acids is 1. The summed E-state index contributed by atoms with van der Waals surface area (Å²) in [4.78, 5) is 13.8. The number of rotatable bonds is 8. The summed E-state index contributed by atoms with van der Waals surface area (Å²) in [6.45, 7) is 2.60. The Labute approximate surface area is 158 Å². The summed E-state index contributed by atoms with van der Waals surface area (Å²) >= 11 is 0. The minimum Gasteiger partial charge on any atom is -0.497 e. The van der Waals surface area contributed by atoms with Gasteiger partial charge >= 0.3 is 0 Å². The standard InChI is InChI=1S/C18H26N6O3/c1-26-12-11-24-18(20-21-22-24)16(13-3-5-15(27-2)6-4-13)23-9-7-14(8-10-23)17(19)25/h3-6,14,16H,7-12H2,1-2H3,(H2,19,25). The first kappa shape index (κ1) is 19.2. The van der Waals surface area contributed by atoms with Crippen LogP contribution in [0, 0.1) is 5.92 Å². The summed E-state index contributed by atoms with van der Waals surface area (Å²) in [5, 5.41) is 12.3. The van der Waals surface area contributed by atoms with Crippen LogP contribution in [0.5, 0.6) is 5.75 Å². The highest BCUT2D eigenvalue weighted by Gasteiger charge is 2.32. The molecule has 0 bridgehead atoms. The van der Waals surface area contributed by atoms with Crippen LogP contribution in [0.1, 0.15) is 30.3 Å². The molecule has 1 atom stereocenters. The molecule has 2 N–H and O–H groups in total. The molecular weight excluding hydrogens is 348 g/mol. The number of hydrogen-bond donors (Lipinski definition) is 1. The molecule has 1 aromatic heterocycles. The van der Waals surface area contributed by atoms with Gasteiger partial charge in [-0.25, -0.2) is 4.68 Å². The van der Waals surface area contributed by atoms with Crippen LogP contribution >= 0.6 is 0 Å². The van der Waals surface area contributed by atoms with Crippen molar-refractivity contribution in [3.63, 3.8) is 0 Å². The van der Waals surface area contributed by atoms with E-state index in [2.05, 4.69) is 20.4 Å². The summed E-state index contributed by atoms with van der Waals surface area (Å²) < 4.78 is 12.2. The van der Waals surface area contributed by atoms with Crippen LogP contribution < -0.4 is 10.5 Å². The summed E-state index contributed by atoms with van der Waals surface area (Å²) in [7, 11) is 3.30. The van der Waals surface area contributed by atoms with E-state index in [4.69, 9.17) is 15.2 Å². The molecule has 2 heterocycles. The second-order valence-electron chi connectivity index (χ2n) is 6.64. The normalized spacial score (nSPS) is 17.0. The first-order valence-corrected chi connectivity index (χ1v) is 9.06. The smallest absolute Gasteiger partial charge is 0.220 e. The molecule has 2 aromatic rings. The second-order valence-corrected chi connectivity index (χ2v) is 6.64. The fraction of sp³-hybridized carbons (Fsp3) is 0.556. The maximum Gasteiger partial charge on any atom is 0.220 e. The fourth-order valence-electron chi connectivity index (χ4n) is 3.50. The average molecular weight is 374 g/mol. The van der Waals surface area contributed by atoms with Gasteiger partial charge in [-0.05, 0) is 54.1 Å². The number of benzene rings is 1. The second kappa shape index (κ2) is 8.92. The molecule has 1 fully saturated rings. The molecule has 0 aliphatic carbocycles. The molecule has 1 saturated heterocycles. The van der Waals surface area contributed by atoms with E-state index in [1.165, 1.54) is 0 Å². The summed E-state index contributed by atoms with van der Waals surface area (Å²) in [6, 6.07) is 7.80. The van der Waals surface area contributed by atoms with Crippen molar-refractivity contribution in [1.29, 1.82) is 0 Å². The van der Waals surface area contributed by atoms with Gasteiger partial charge in [0, 0.05) is 13.0 Å². The lowest BCUT2D eigenvalue weighted by Crippen LogP contribution is -2.41. The first-order chi connectivity index (χ1) is 13.1. The molecule has 1 amide bonds. The molecule has 1 unspecified atom stereocenters. The molecule has 0 spiro atoms. The molecule has 0 saturated carbocycles. The number of aromatic nitrogens is 4. The number of amides is 1. The zero-order valence-electron chi connectivity index (χ0n) is 15.7. The number of nitrogens with two attached hydrogens (primary N) is 1. The highest BCUT2D eigenvalue weighted by Crippen LogP contribution is 2.32. The molecule has 9 nitrogen and oxygen atoms in total. The average Bonchev–Trinajstić information content (AvgIpc) is 3.15. The third kappa shape index (κ3) is 4.42. The Bertz CT molecular complexity index is 740. The number of methoxy groups -OCH3 is 2. The van der Waals surface area contributed by atoms with Crippen LogP contribution in [0.2, 0.25) is 0 Å². The van der Waals surface area contributed by atoms with Crippen molar-refractivity contribution < 1.29 is 14.3 Å². The first-order valence-electron chi connectivity index (χ1n) is 9.06. The molecule has 1 aliphatic rings. The van der Waals surface area contributed by atoms with Gasteiger partial charge in [0.1, 0.15) is 5.75 Å². The number of likely N-dealkylation sites (tertiary alicyclic amines) is 1. The lowest BCUT2D eigenvalue weighted by atomic mass is 9.93. The fourth-order valence-corrected chi connectivity index (χ4v) is 3.50. The Morgan fingerprint density at radius 3 is 2.56 bits per heavy atom. The van der Waals surface area contributed by atoms with Crippen molar-refractivity contribution in [2.45, 2.75) is 25.4 Å². The van der Waals surface area contributed by atoms with E-state index in [0.717, 1.165) is 43.1 Å². The van der Waals surface area contributed by atoms with Crippen LogP contribution in [-0.2, 0) is 16.1 Å². The van der Waals surface area contributed by atoms with Crippen LogP contribution in [0.4, 0.5) is 0 Å². The van der Waals surface area contributed by atoms with Crippen LogP contribution in [0.15, 0.2) is 24.3 Å². The SMILES string of the molecule is COCCn1nnnc1C(c1ccc(OC)cc1)N1CCC(C(N)=O)CC1. The number of ether oxygens (including phenoxy) is 2. The molecule has 1 aromatic carbocycles. The van der Waals surface area contributed by atoms with Gasteiger partial charge < -0.3 is 15.2 Å². The van der Waals surface area contributed by atoms with Gasteiger partial charge in [0.25, 0.3) is 0 Å². The molecule has 9 heteroatoms. The molecular formula is C18H26N6O3. The lowest BCUT2D eigenvalue weighted by molar-refractivity contribution is -0.123. The highest BCUT2D eigenvalue weighted by molar-refractivity contribution is 5.76. The van der Waals surface area contributed by atoms with Crippen molar-refractivity contribution in [2.24, 2.45) is 11.7 Å². The summed E-state index contributed by atoms with van der Waals surface area (Å²) in [6.07, 6.45) is 1.48. The van der Waals surface area contributed by atoms with Gasteiger partial charge in [0.2, 0.25) is 5.91 Å². The number of carbonyl (C=O) groups is 1. The topological polar surface area (TPSA) is 108 Å². The molecule has 1 aliphatic heterocycles. The number of primary amides is 1. The number of tetrazole rings is 1. The summed E-state index contributed by atoms with van der Waals surface area (Å²) in [5.41, 5.74) is 6.55. The largest absolute Gasteiger partial charge is 0.497 e. The van der Waals surface area contributed by atoms with E-state index in [1.807, 2.05) is 24.3 Å². The predicted molar refractivity (Wildman–Crippen MR) is 98.0 cm³/mol. The predicted octanol–water partition coefficient (Wildman–Crippen LogP) is 0.615. The van der Waals surface area contributed by atoms with Crippen molar-refractivity contribution >= 4 is 5.91 Å². The number of hydrogen-bond acceptors (Lipinski definition) is 7. The van der Waals surface area contributed by atoms with Gasteiger partial charge in [-0.3, -0.25) is 9.69 Å². The Balaban J connectivity index is 1.89. The van der Waals surface area contributed by atoms with Crippen molar-refractivity contribution in [2.75, 3.05) is 33.9 Å². The third-order valence-electron chi connectivity index (χ3n) is 5.04. The molecule has 146 valence electrons. The maximum atomic E-state index is 11.5. The third-order valence-corrected chi connectivity index (χ3v) is 5.04. The highest BCUT2D eigenvalue weighted by atomic mass is 16.5. The quantitative estimate of drug-likeness (QED) is 0.721. The van der Waals surface area contributed by atoms with E-state index >= 15 is 0 Å². The van der Waals surface area contributed by atoms with Crippen molar-refractivity contribution in [3.05, 3.63) is 35.7 Å². The van der Waals surface area contributed by atoms with E-state index in [-0.39, 0.29) is 17.9 Å². The van der Waals surface area contributed by atoms with Gasteiger partial charge in [0.15, 0.2) is 5.82 Å². The van der Waals surface area contributed by atoms with Gasteiger partial charge in [-0.2, -0.15) is 0 Å². The van der Waals surface area contributed by atoms with E-state index in [9.17, 15) is 4.79 Å². The Hall–Kier alpha value is -2.52. The molecule has 3 rings (SSSR count). The number of nitrogens with zero attached hydrogens (tertiary/aromatic N) is 5. The zero-order chi connectivity index (χ0) is 19.2. The zero-order valence-corrected chi connectivity index (χ0v) is 15.7. The Kier molecular flexibility index (Phi) is 6.36. The molecule has 27 heavy (non-hydrogen) atoms. The minimum absolute atomic E-state index is 0.0674. The van der Waals surface area contributed by atoms with Crippen LogP contribution in [0.25, 0.3) is 0 Å². The minimum atomic E-state index is -0.222. The van der Waals surface area contributed by atoms with Crippen molar-refractivity contribution in [3.8, 4) is 5.75 Å². The van der Waals surface area contributed by atoms with E-state index in [1.54, 1.807) is 18.9 Å². The Morgan fingerprint density at radius 1 is 1.26 bits per heavy atom. The van der Waals surface area contributed by atoms with Gasteiger partial charge in [-0.15, -0.1) is 5.10 Å². The Morgan fingerprint density at radius 2 is 1.96 bits per heavy atom. The van der Waals surface area contributed by atoms with Crippen LogP contribution in [0.3, 0.4) is 0 Å². The van der Waals surface area contributed by atoms with Gasteiger partial charge in [0.05, 0.1) is 26.3 Å². The monoisotopic (exact) mass is 374 g/mol. The molecule has 0 radical (unpaired) electrons. The van der Waals surface area contributed by atoms with Crippen LogP contribution in [-0.4, -0.2) is 64.9 Å². The lowest BCUT2D eigenvalue weighted by Gasteiger charge is -2.36. The van der Waals surface area contributed by atoms with Crippen molar-refractivity contribution in [1.82, 2.24) is 25.1 Å². The van der Waals surface area contributed by atoms with Gasteiger partial charge in [-0.1, -0.05) is 12.1 Å². The van der Waals surface area contributed by atoms with E-state index < -0.39 is 0 Å². The number of piperidine rings is 1.